The third kappa shape index (κ3) is 3.34. The van der Waals surface area contributed by atoms with Crippen LogP contribution >= 0.6 is 15.9 Å². The Balaban J connectivity index is 1.91. The maximum atomic E-state index is 12.8. The molecule has 0 saturated carbocycles. The standard InChI is InChI=1S/C22H18BrN3O/c1-13-11-16(8-9-18(13)23)25-21(14-5-3-2-4-6-14)20-17-12-15(24)7-10-19(17)26-22(20)27/h2-12,25H,24H2,1H3,(H,26,27). The molecule has 0 atom stereocenters. The van der Waals surface area contributed by atoms with E-state index in [1.165, 1.54) is 0 Å². The first-order valence-electron chi connectivity index (χ1n) is 8.57. The van der Waals surface area contributed by atoms with Gasteiger partial charge in [-0.2, -0.15) is 0 Å². The second-order valence-electron chi connectivity index (χ2n) is 6.46. The third-order valence-electron chi connectivity index (χ3n) is 4.53. The molecule has 134 valence electrons. The van der Waals surface area contributed by atoms with E-state index in [2.05, 4.69) is 26.6 Å². The summed E-state index contributed by atoms with van der Waals surface area (Å²) in [5.41, 5.74) is 12.5. The van der Waals surface area contributed by atoms with E-state index in [0.29, 0.717) is 11.3 Å². The lowest BCUT2D eigenvalue weighted by Crippen LogP contribution is -2.10. The van der Waals surface area contributed by atoms with Gasteiger partial charge in [-0.25, -0.2) is 0 Å². The minimum Gasteiger partial charge on any atom is -0.399 e. The molecule has 0 aliphatic carbocycles. The Labute approximate surface area is 166 Å². The van der Waals surface area contributed by atoms with E-state index in [0.717, 1.165) is 38.2 Å². The molecule has 3 aromatic carbocycles. The van der Waals surface area contributed by atoms with Crippen LogP contribution in [0.3, 0.4) is 0 Å². The summed E-state index contributed by atoms with van der Waals surface area (Å²) in [5, 5.41) is 6.38. The minimum absolute atomic E-state index is 0.143. The summed E-state index contributed by atoms with van der Waals surface area (Å²) in [4.78, 5) is 12.8. The van der Waals surface area contributed by atoms with Gasteiger partial charge in [0, 0.05) is 27.1 Å². The van der Waals surface area contributed by atoms with Crippen LogP contribution in [0.25, 0.3) is 11.3 Å². The number of hydrogen-bond donors (Lipinski definition) is 3. The summed E-state index contributed by atoms with van der Waals surface area (Å²) in [6.07, 6.45) is 0. The Hall–Kier alpha value is -3.05. The van der Waals surface area contributed by atoms with E-state index in [4.69, 9.17) is 5.73 Å². The van der Waals surface area contributed by atoms with Crippen LogP contribution in [-0.4, -0.2) is 5.91 Å². The molecule has 0 spiro atoms. The van der Waals surface area contributed by atoms with Crippen LogP contribution in [0.1, 0.15) is 16.7 Å². The Morgan fingerprint density at radius 3 is 2.56 bits per heavy atom. The van der Waals surface area contributed by atoms with Crippen LogP contribution in [0, 0.1) is 6.92 Å². The molecule has 4 N–H and O–H groups in total. The normalized spacial score (nSPS) is 14.5. The number of benzene rings is 3. The Kier molecular flexibility index (Phi) is 4.46. The first-order valence-corrected chi connectivity index (χ1v) is 9.36. The van der Waals surface area contributed by atoms with Crippen molar-refractivity contribution in [2.24, 2.45) is 0 Å². The molecular weight excluding hydrogens is 402 g/mol. The van der Waals surface area contributed by atoms with Crippen molar-refractivity contribution in [1.29, 1.82) is 0 Å². The number of carbonyl (C=O) groups is 1. The number of halogens is 1. The maximum absolute atomic E-state index is 12.8. The van der Waals surface area contributed by atoms with E-state index in [1.54, 1.807) is 6.07 Å². The highest BCUT2D eigenvalue weighted by Gasteiger charge is 2.28. The number of nitrogen functional groups attached to an aromatic ring is 1. The fourth-order valence-corrected chi connectivity index (χ4v) is 3.43. The molecule has 4 nitrogen and oxygen atoms in total. The zero-order valence-corrected chi connectivity index (χ0v) is 16.3. The number of nitrogens with two attached hydrogens (primary N) is 1. The van der Waals surface area contributed by atoms with Crippen molar-refractivity contribution in [3.05, 3.63) is 87.9 Å². The van der Waals surface area contributed by atoms with Gasteiger partial charge in [-0.1, -0.05) is 46.3 Å². The first-order chi connectivity index (χ1) is 13.0. The zero-order valence-electron chi connectivity index (χ0n) is 14.7. The highest BCUT2D eigenvalue weighted by atomic mass is 79.9. The van der Waals surface area contributed by atoms with Crippen molar-refractivity contribution in [3.63, 3.8) is 0 Å². The predicted molar refractivity (Wildman–Crippen MR) is 115 cm³/mol. The number of carbonyl (C=O) groups excluding carboxylic acids is 1. The molecule has 27 heavy (non-hydrogen) atoms. The fraction of sp³-hybridized carbons (Fsp3) is 0.0455. The molecule has 1 aliphatic rings. The van der Waals surface area contributed by atoms with Crippen LogP contribution in [0.15, 0.2) is 71.2 Å². The lowest BCUT2D eigenvalue weighted by Gasteiger charge is -2.15. The average Bonchev–Trinajstić information content (AvgIpc) is 2.98. The van der Waals surface area contributed by atoms with Crippen LogP contribution in [0.4, 0.5) is 17.1 Å². The lowest BCUT2D eigenvalue weighted by molar-refractivity contribution is -0.110. The second-order valence-corrected chi connectivity index (χ2v) is 7.32. The second kappa shape index (κ2) is 6.93. The molecular formula is C22H18BrN3O. The maximum Gasteiger partial charge on any atom is 0.258 e. The molecule has 1 amide bonds. The van der Waals surface area contributed by atoms with Gasteiger partial charge in [-0.15, -0.1) is 0 Å². The van der Waals surface area contributed by atoms with Crippen LogP contribution in [0.2, 0.25) is 0 Å². The van der Waals surface area contributed by atoms with Gasteiger partial charge in [-0.3, -0.25) is 4.79 Å². The van der Waals surface area contributed by atoms with Gasteiger partial charge in [0.15, 0.2) is 0 Å². The molecule has 0 radical (unpaired) electrons. The van der Waals surface area contributed by atoms with E-state index >= 15 is 0 Å². The molecule has 0 saturated heterocycles. The zero-order chi connectivity index (χ0) is 19.0. The fourth-order valence-electron chi connectivity index (χ4n) is 3.18. The molecule has 3 aromatic rings. The van der Waals surface area contributed by atoms with Crippen LogP contribution in [-0.2, 0) is 4.79 Å². The molecule has 0 unspecified atom stereocenters. The number of anilines is 3. The summed E-state index contributed by atoms with van der Waals surface area (Å²) >= 11 is 3.53. The lowest BCUT2D eigenvalue weighted by atomic mass is 9.99. The Bertz CT molecular complexity index is 1070. The van der Waals surface area contributed by atoms with E-state index in [-0.39, 0.29) is 5.91 Å². The number of fused-ring (bicyclic) bond motifs is 1. The smallest absolute Gasteiger partial charge is 0.258 e. The number of rotatable bonds is 3. The van der Waals surface area contributed by atoms with Gasteiger partial charge in [0.05, 0.1) is 11.3 Å². The summed E-state index contributed by atoms with van der Waals surface area (Å²) in [5.74, 6) is -0.143. The Morgan fingerprint density at radius 1 is 1.04 bits per heavy atom. The highest BCUT2D eigenvalue weighted by Crippen LogP contribution is 2.38. The number of nitrogens with one attached hydrogen (secondary N) is 2. The summed E-state index contributed by atoms with van der Waals surface area (Å²) < 4.78 is 1.04. The van der Waals surface area contributed by atoms with Gasteiger partial charge in [0.2, 0.25) is 0 Å². The average molecular weight is 420 g/mol. The molecule has 0 aromatic heterocycles. The highest BCUT2D eigenvalue weighted by molar-refractivity contribution is 9.10. The first kappa shape index (κ1) is 17.4. The predicted octanol–water partition coefficient (Wildman–Crippen LogP) is 5.27. The van der Waals surface area contributed by atoms with E-state index in [9.17, 15) is 4.79 Å². The number of amides is 1. The van der Waals surface area contributed by atoms with Gasteiger partial charge in [-0.05, 0) is 54.4 Å². The van der Waals surface area contributed by atoms with Gasteiger partial charge in [0.1, 0.15) is 0 Å². The molecule has 1 aliphatic heterocycles. The molecule has 5 heteroatoms. The van der Waals surface area contributed by atoms with Crippen molar-refractivity contribution < 1.29 is 4.79 Å². The van der Waals surface area contributed by atoms with Crippen molar-refractivity contribution >= 4 is 50.2 Å². The molecule has 0 bridgehead atoms. The van der Waals surface area contributed by atoms with Crippen LogP contribution in [0.5, 0.6) is 0 Å². The monoisotopic (exact) mass is 419 g/mol. The van der Waals surface area contributed by atoms with Crippen molar-refractivity contribution in [1.82, 2.24) is 0 Å². The van der Waals surface area contributed by atoms with Crippen LogP contribution < -0.4 is 16.4 Å². The topological polar surface area (TPSA) is 67.2 Å². The molecule has 4 rings (SSSR count). The van der Waals surface area contributed by atoms with Crippen molar-refractivity contribution in [3.8, 4) is 0 Å². The van der Waals surface area contributed by atoms with Crippen molar-refractivity contribution in [2.45, 2.75) is 6.92 Å². The largest absolute Gasteiger partial charge is 0.399 e. The molecule has 0 fully saturated rings. The summed E-state index contributed by atoms with van der Waals surface area (Å²) in [6, 6.07) is 21.3. The quantitative estimate of drug-likeness (QED) is 0.399. The third-order valence-corrected chi connectivity index (χ3v) is 5.42. The summed E-state index contributed by atoms with van der Waals surface area (Å²) in [7, 11) is 0. The SMILES string of the molecule is Cc1cc(NC(=C2C(=O)Nc3ccc(N)cc32)c2ccccc2)ccc1Br. The summed E-state index contributed by atoms with van der Waals surface area (Å²) in [6.45, 7) is 2.03. The van der Waals surface area contributed by atoms with Gasteiger partial charge >= 0.3 is 0 Å². The van der Waals surface area contributed by atoms with Gasteiger partial charge in [0.25, 0.3) is 5.91 Å². The van der Waals surface area contributed by atoms with Gasteiger partial charge < -0.3 is 16.4 Å². The van der Waals surface area contributed by atoms with E-state index < -0.39 is 0 Å². The number of hydrogen-bond acceptors (Lipinski definition) is 3. The Morgan fingerprint density at radius 2 is 1.81 bits per heavy atom. The van der Waals surface area contributed by atoms with E-state index in [1.807, 2.05) is 67.6 Å². The minimum atomic E-state index is -0.143. The van der Waals surface area contributed by atoms with Crippen molar-refractivity contribution in [2.75, 3.05) is 16.4 Å². The number of aryl methyl sites for hydroxylation is 1. The molecule has 1 heterocycles.